The predicted molar refractivity (Wildman–Crippen MR) is 119 cm³/mol. The zero-order valence-corrected chi connectivity index (χ0v) is 19.2. The van der Waals surface area contributed by atoms with E-state index in [1.165, 1.54) is 11.0 Å². The Kier molecular flexibility index (Phi) is 8.81. The molecule has 3 rings (SSSR count). The number of aliphatic carboxylic acids is 1. The summed E-state index contributed by atoms with van der Waals surface area (Å²) in [7, 11) is 3.14. The molecule has 2 N–H and O–H groups in total. The van der Waals surface area contributed by atoms with Crippen LogP contribution in [-0.4, -0.2) is 46.3 Å². The third-order valence-electron chi connectivity index (χ3n) is 3.62. The zero-order valence-electron chi connectivity index (χ0n) is 16.0. The molecule has 0 saturated heterocycles. The summed E-state index contributed by atoms with van der Waals surface area (Å²) in [5, 5.41) is 12.2. The van der Waals surface area contributed by atoms with Crippen LogP contribution in [0.4, 0.5) is 0 Å². The first-order valence-electron chi connectivity index (χ1n) is 8.37. The summed E-state index contributed by atoms with van der Waals surface area (Å²) in [6, 6.07) is 10.8. The van der Waals surface area contributed by atoms with Crippen LogP contribution >= 0.6 is 31.9 Å². The van der Waals surface area contributed by atoms with Crippen molar-refractivity contribution in [3.05, 3.63) is 67.7 Å². The van der Waals surface area contributed by atoms with E-state index in [1.807, 2.05) is 18.2 Å². The number of ether oxygens (including phenoxy) is 2. The first-order chi connectivity index (χ1) is 14.3. The van der Waals surface area contributed by atoms with Crippen LogP contribution in [-0.2, 0) is 11.3 Å². The van der Waals surface area contributed by atoms with Gasteiger partial charge in [-0.25, -0.2) is 9.59 Å². The van der Waals surface area contributed by atoms with Crippen molar-refractivity contribution < 1.29 is 19.4 Å². The number of hydrogen-bond acceptors (Lipinski definition) is 6. The fraction of sp³-hybridized carbons (Fsp3) is 0.158. The van der Waals surface area contributed by atoms with Crippen molar-refractivity contribution >= 4 is 44.0 Å². The van der Waals surface area contributed by atoms with Gasteiger partial charge in [0, 0.05) is 6.07 Å². The van der Waals surface area contributed by atoms with Crippen molar-refractivity contribution in [3.63, 3.8) is 0 Å². The van der Waals surface area contributed by atoms with E-state index in [9.17, 15) is 9.59 Å². The minimum Gasteiger partial charge on any atom is -0.496 e. The molecule has 0 amide bonds. The lowest BCUT2D eigenvalue weighted by atomic mass is 10.2. The van der Waals surface area contributed by atoms with Crippen molar-refractivity contribution in [1.29, 1.82) is 0 Å². The number of benzene rings is 2. The van der Waals surface area contributed by atoms with Crippen LogP contribution in [0, 0.1) is 0 Å². The lowest BCUT2D eigenvalue weighted by molar-refractivity contribution is -0.128. The number of rotatable bonds is 6. The Morgan fingerprint density at radius 3 is 2.37 bits per heavy atom. The summed E-state index contributed by atoms with van der Waals surface area (Å²) in [5.74, 6) is 0.319. The molecule has 1 aromatic heterocycles. The van der Waals surface area contributed by atoms with Crippen LogP contribution < -0.4 is 15.2 Å². The maximum atomic E-state index is 11.3. The maximum absolute atomic E-state index is 11.3. The van der Waals surface area contributed by atoms with Crippen LogP contribution in [0.2, 0.25) is 0 Å². The molecule has 0 bridgehead atoms. The molecule has 11 heteroatoms. The van der Waals surface area contributed by atoms with Crippen molar-refractivity contribution in [2.75, 3.05) is 14.2 Å². The number of hydrogen-bond donors (Lipinski definition) is 2. The van der Waals surface area contributed by atoms with Gasteiger partial charge < -0.3 is 14.6 Å². The van der Waals surface area contributed by atoms with E-state index >= 15 is 0 Å². The number of aliphatic imine (C=N–C) groups is 1. The molecule has 0 atom stereocenters. The lowest BCUT2D eigenvalue weighted by Crippen LogP contribution is -2.15. The maximum Gasteiger partial charge on any atom is 0.347 e. The quantitative estimate of drug-likeness (QED) is 0.461. The second kappa shape index (κ2) is 11.3. The Morgan fingerprint density at radius 1 is 1.17 bits per heavy atom. The molecule has 0 fully saturated rings. The van der Waals surface area contributed by atoms with Gasteiger partial charge in [0.25, 0.3) is 0 Å². The molecule has 30 heavy (non-hydrogen) atoms. The molecule has 158 valence electrons. The lowest BCUT2D eigenvalue weighted by Gasteiger charge is -2.05. The first-order valence-corrected chi connectivity index (χ1v) is 9.96. The molecule has 0 aliphatic heterocycles. The predicted octanol–water partition coefficient (Wildman–Crippen LogP) is 3.44. The van der Waals surface area contributed by atoms with E-state index in [-0.39, 0.29) is 5.69 Å². The third kappa shape index (κ3) is 6.56. The topological polar surface area (TPSA) is 119 Å². The summed E-state index contributed by atoms with van der Waals surface area (Å²) in [4.78, 5) is 27.7. The minimum atomic E-state index is -1.04. The van der Waals surface area contributed by atoms with Crippen molar-refractivity contribution in [2.45, 2.75) is 6.54 Å². The van der Waals surface area contributed by atoms with E-state index in [4.69, 9.17) is 14.6 Å². The van der Waals surface area contributed by atoms with Gasteiger partial charge in [0.15, 0.2) is 0 Å². The van der Waals surface area contributed by atoms with Gasteiger partial charge in [-0.3, -0.25) is 9.98 Å². The minimum absolute atomic E-state index is 0.278. The number of aromatic amines is 1. The zero-order chi connectivity index (χ0) is 22.1. The Balaban J connectivity index is 0.000000214. The molecule has 0 radical (unpaired) electrons. The smallest absolute Gasteiger partial charge is 0.347 e. The van der Waals surface area contributed by atoms with Crippen LogP contribution in [0.15, 0.2) is 61.5 Å². The van der Waals surface area contributed by atoms with Crippen molar-refractivity contribution in [1.82, 2.24) is 14.8 Å². The number of carboxylic acid groups (broad SMARTS) is 1. The van der Waals surface area contributed by atoms with Crippen LogP contribution in [0.3, 0.4) is 0 Å². The molecule has 0 saturated carbocycles. The summed E-state index contributed by atoms with van der Waals surface area (Å²) in [5.41, 5.74) is 1.27. The number of nitrogens with zero attached hydrogens (tertiary/aromatic N) is 3. The van der Waals surface area contributed by atoms with Crippen LogP contribution in [0.25, 0.3) is 5.69 Å². The molecule has 0 aliphatic carbocycles. The third-order valence-corrected chi connectivity index (χ3v) is 4.93. The monoisotopic (exact) mass is 540 g/mol. The molecule has 0 spiro atoms. The second-order valence-electron chi connectivity index (χ2n) is 5.60. The van der Waals surface area contributed by atoms with Crippen molar-refractivity contribution in [3.8, 4) is 17.2 Å². The molecule has 1 heterocycles. The highest BCUT2D eigenvalue weighted by atomic mass is 79.9. The molecule has 0 unspecified atom stereocenters. The largest absolute Gasteiger partial charge is 0.496 e. The number of methoxy groups -OCH3 is 2. The fourth-order valence-corrected chi connectivity index (χ4v) is 3.07. The molecular weight excluding hydrogens is 524 g/mol. The highest BCUT2D eigenvalue weighted by Crippen LogP contribution is 2.26. The van der Waals surface area contributed by atoms with Gasteiger partial charge in [-0.05, 0) is 61.7 Å². The number of halogens is 2. The fourth-order valence-electron chi connectivity index (χ4n) is 2.25. The van der Waals surface area contributed by atoms with Gasteiger partial charge in [0.2, 0.25) is 0 Å². The van der Waals surface area contributed by atoms with Crippen molar-refractivity contribution in [2.24, 2.45) is 4.99 Å². The molecular formula is C19H18Br2N4O5. The number of H-pyrrole nitrogens is 1. The van der Waals surface area contributed by atoms with Crippen LogP contribution in [0.1, 0.15) is 5.56 Å². The Labute approximate surface area is 188 Å². The first kappa shape index (κ1) is 23.4. The van der Waals surface area contributed by atoms with E-state index in [2.05, 4.69) is 46.9 Å². The number of carboxylic acids is 1. The summed E-state index contributed by atoms with van der Waals surface area (Å²) < 4.78 is 13.2. The van der Waals surface area contributed by atoms with Crippen LogP contribution in [0.5, 0.6) is 11.5 Å². The SMILES string of the molecule is COc1cc(-n2nc[nH]c2=O)ccc1Br.COc1cc(CN=CC(=O)O)ccc1Br. The highest BCUT2D eigenvalue weighted by molar-refractivity contribution is 9.10. The van der Waals surface area contributed by atoms with E-state index < -0.39 is 5.97 Å². The highest BCUT2D eigenvalue weighted by Gasteiger charge is 2.05. The number of carbonyl (C=O) groups is 1. The van der Waals surface area contributed by atoms with Gasteiger partial charge in [0.05, 0.1) is 35.4 Å². The number of aromatic nitrogens is 3. The Hall–Kier alpha value is -2.92. The standard InChI is InChI=1S/C10H10BrNO3.C9H8BrN3O2/c1-15-9-4-7(2-3-8(9)11)5-12-6-10(13)14;1-15-8-4-6(2-3-7(8)10)13-9(14)11-5-12-13/h2-4,6H,5H2,1H3,(H,13,14);2-5H,1H3,(H,11,12,14). The van der Waals surface area contributed by atoms with E-state index in [1.54, 1.807) is 32.4 Å². The normalized spacial score (nSPS) is 10.4. The second-order valence-corrected chi connectivity index (χ2v) is 7.31. The summed E-state index contributed by atoms with van der Waals surface area (Å²) in [6.07, 6.45) is 2.23. The van der Waals surface area contributed by atoms with Gasteiger partial charge in [-0.15, -0.1) is 0 Å². The molecule has 3 aromatic rings. The molecule has 9 nitrogen and oxygen atoms in total. The molecule has 2 aromatic carbocycles. The Bertz CT molecular complexity index is 1090. The van der Waals surface area contributed by atoms with Gasteiger partial charge in [-0.2, -0.15) is 9.78 Å². The van der Waals surface area contributed by atoms with Gasteiger partial charge >= 0.3 is 11.7 Å². The molecule has 0 aliphatic rings. The summed E-state index contributed by atoms with van der Waals surface area (Å²) >= 11 is 6.66. The van der Waals surface area contributed by atoms with E-state index in [0.717, 1.165) is 20.7 Å². The average Bonchev–Trinajstić information content (AvgIpc) is 3.16. The summed E-state index contributed by atoms with van der Waals surface area (Å²) in [6.45, 7) is 0.329. The number of nitrogens with one attached hydrogen (secondary N) is 1. The average molecular weight is 542 g/mol. The Morgan fingerprint density at radius 2 is 1.80 bits per heavy atom. The van der Waals surface area contributed by atoms with Gasteiger partial charge in [0.1, 0.15) is 24.0 Å². The van der Waals surface area contributed by atoms with Gasteiger partial charge in [-0.1, -0.05) is 6.07 Å². The van der Waals surface area contributed by atoms with E-state index in [0.29, 0.717) is 23.7 Å².